The molecule has 8 heteroatoms. The van der Waals surface area contributed by atoms with E-state index in [1.165, 1.54) is 6.42 Å². The number of piperidine rings is 1. The van der Waals surface area contributed by atoms with Crippen LogP contribution < -0.4 is 4.90 Å². The van der Waals surface area contributed by atoms with E-state index in [1.54, 1.807) is 12.4 Å². The SMILES string of the molecule is Cc1cccn2c(CN3CCN(c4ncccn4)CC3)c(C(=O)N3CCCCC3)nc12. The number of likely N-dealkylation sites (tertiary alicyclic amines) is 1. The highest BCUT2D eigenvalue weighted by atomic mass is 16.2. The number of hydrogen-bond donors (Lipinski definition) is 0. The molecule has 0 N–H and O–H groups in total. The third-order valence-corrected chi connectivity index (χ3v) is 6.37. The molecule has 31 heavy (non-hydrogen) atoms. The fourth-order valence-corrected chi connectivity index (χ4v) is 4.59. The van der Waals surface area contributed by atoms with Gasteiger partial charge in [0.25, 0.3) is 5.91 Å². The lowest BCUT2D eigenvalue weighted by atomic mass is 10.1. The smallest absolute Gasteiger partial charge is 0.274 e. The number of pyridine rings is 1. The lowest BCUT2D eigenvalue weighted by Gasteiger charge is -2.34. The van der Waals surface area contributed by atoms with Crippen molar-refractivity contribution in [1.29, 1.82) is 0 Å². The second-order valence-electron chi connectivity index (χ2n) is 8.46. The Kier molecular flexibility index (Phi) is 5.55. The minimum Gasteiger partial charge on any atom is -0.338 e. The van der Waals surface area contributed by atoms with E-state index in [-0.39, 0.29) is 5.91 Å². The van der Waals surface area contributed by atoms with Crippen molar-refractivity contribution in [1.82, 2.24) is 29.2 Å². The van der Waals surface area contributed by atoms with Gasteiger partial charge < -0.3 is 14.2 Å². The summed E-state index contributed by atoms with van der Waals surface area (Å²) in [5.41, 5.74) is 3.59. The minimum atomic E-state index is 0.0779. The van der Waals surface area contributed by atoms with Gasteiger partial charge in [0.1, 0.15) is 5.65 Å². The molecule has 5 rings (SSSR count). The first-order chi connectivity index (χ1) is 15.2. The van der Waals surface area contributed by atoms with Gasteiger partial charge in [-0.1, -0.05) is 6.07 Å². The number of imidazole rings is 1. The number of amides is 1. The monoisotopic (exact) mass is 419 g/mol. The maximum Gasteiger partial charge on any atom is 0.274 e. The van der Waals surface area contributed by atoms with Crippen molar-refractivity contribution in [2.75, 3.05) is 44.2 Å². The molecule has 0 spiro atoms. The average molecular weight is 420 g/mol. The zero-order valence-electron chi connectivity index (χ0n) is 18.1. The summed E-state index contributed by atoms with van der Waals surface area (Å²) < 4.78 is 2.11. The molecule has 0 unspecified atom stereocenters. The van der Waals surface area contributed by atoms with Crippen LogP contribution in [0.2, 0.25) is 0 Å². The van der Waals surface area contributed by atoms with Crippen molar-refractivity contribution < 1.29 is 4.79 Å². The molecule has 1 amide bonds. The molecule has 8 nitrogen and oxygen atoms in total. The molecule has 0 radical (unpaired) electrons. The Balaban J connectivity index is 1.38. The predicted molar refractivity (Wildman–Crippen MR) is 119 cm³/mol. The predicted octanol–water partition coefficient (Wildman–Crippen LogP) is 2.38. The van der Waals surface area contributed by atoms with Crippen LogP contribution >= 0.6 is 0 Å². The molecule has 3 aromatic heterocycles. The molecule has 5 heterocycles. The van der Waals surface area contributed by atoms with Crippen LogP contribution in [0.15, 0.2) is 36.8 Å². The van der Waals surface area contributed by atoms with Gasteiger partial charge in [-0.05, 0) is 43.9 Å². The van der Waals surface area contributed by atoms with Crippen LogP contribution in [0.4, 0.5) is 5.95 Å². The van der Waals surface area contributed by atoms with Crippen LogP contribution in [0, 0.1) is 6.92 Å². The van der Waals surface area contributed by atoms with Crippen LogP contribution in [0.25, 0.3) is 5.65 Å². The van der Waals surface area contributed by atoms with Gasteiger partial charge in [0.15, 0.2) is 5.69 Å². The van der Waals surface area contributed by atoms with Crippen LogP contribution in [0.3, 0.4) is 0 Å². The molecule has 0 aromatic carbocycles. The Hall–Kier alpha value is -3.00. The van der Waals surface area contributed by atoms with Crippen molar-refractivity contribution in [2.24, 2.45) is 0 Å². The number of aryl methyl sites for hydroxylation is 1. The molecule has 0 bridgehead atoms. The van der Waals surface area contributed by atoms with Gasteiger partial charge >= 0.3 is 0 Å². The Morgan fingerprint density at radius 2 is 1.71 bits per heavy atom. The zero-order valence-corrected chi connectivity index (χ0v) is 18.1. The average Bonchev–Trinajstić information content (AvgIpc) is 3.20. The van der Waals surface area contributed by atoms with E-state index in [0.29, 0.717) is 12.2 Å². The quantitative estimate of drug-likeness (QED) is 0.647. The Labute approximate surface area is 182 Å². The molecule has 2 saturated heterocycles. The van der Waals surface area contributed by atoms with Gasteiger partial charge in [-0.25, -0.2) is 15.0 Å². The van der Waals surface area contributed by atoms with Crippen molar-refractivity contribution in [2.45, 2.75) is 32.7 Å². The summed E-state index contributed by atoms with van der Waals surface area (Å²) in [5.74, 6) is 0.864. The summed E-state index contributed by atoms with van der Waals surface area (Å²) in [6.45, 7) is 7.97. The number of carbonyl (C=O) groups excluding carboxylic acids is 1. The van der Waals surface area contributed by atoms with E-state index in [2.05, 4.69) is 37.2 Å². The number of aromatic nitrogens is 4. The van der Waals surface area contributed by atoms with Crippen LogP contribution in [0.5, 0.6) is 0 Å². The summed E-state index contributed by atoms with van der Waals surface area (Å²) in [6, 6.07) is 5.93. The van der Waals surface area contributed by atoms with Gasteiger partial charge in [-0.2, -0.15) is 0 Å². The van der Waals surface area contributed by atoms with Gasteiger partial charge in [0, 0.05) is 64.4 Å². The number of hydrogen-bond acceptors (Lipinski definition) is 6. The van der Waals surface area contributed by atoms with E-state index in [1.807, 2.05) is 23.2 Å². The number of anilines is 1. The summed E-state index contributed by atoms with van der Waals surface area (Å²) in [5, 5.41) is 0. The van der Waals surface area contributed by atoms with Crippen molar-refractivity contribution in [3.8, 4) is 0 Å². The lowest BCUT2D eigenvalue weighted by molar-refractivity contribution is 0.0716. The Morgan fingerprint density at radius 3 is 2.45 bits per heavy atom. The number of carbonyl (C=O) groups is 1. The highest BCUT2D eigenvalue weighted by Gasteiger charge is 2.28. The second kappa shape index (κ2) is 8.63. The van der Waals surface area contributed by atoms with Gasteiger partial charge in [0.2, 0.25) is 5.95 Å². The number of nitrogens with zero attached hydrogens (tertiary/aromatic N) is 7. The summed E-state index contributed by atoms with van der Waals surface area (Å²) >= 11 is 0. The maximum absolute atomic E-state index is 13.4. The third-order valence-electron chi connectivity index (χ3n) is 6.37. The summed E-state index contributed by atoms with van der Waals surface area (Å²) in [4.78, 5) is 33.6. The molecule has 2 aliphatic rings. The molecule has 3 aromatic rings. The molecule has 2 aliphatic heterocycles. The van der Waals surface area contributed by atoms with Crippen molar-refractivity contribution in [3.05, 3.63) is 53.7 Å². The van der Waals surface area contributed by atoms with Gasteiger partial charge in [-0.15, -0.1) is 0 Å². The van der Waals surface area contributed by atoms with E-state index in [4.69, 9.17) is 4.98 Å². The van der Waals surface area contributed by atoms with Gasteiger partial charge in [0.05, 0.1) is 5.69 Å². The minimum absolute atomic E-state index is 0.0779. The van der Waals surface area contributed by atoms with Crippen molar-refractivity contribution >= 4 is 17.5 Å². The molecule has 0 aliphatic carbocycles. The van der Waals surface area contributed by atoms with E-state index in [9.17, 15) is 4.79 Å². The zero-order chi connectivity index (χ0) is 21.2. The van der Waals surface area contributed by atoms with Crippen LogP contribution in [0.1, 0.15) is 41.0 Å². The van der Waals surface area contributed by atoms with E-state index < -0.39 is 0 Å². The van der Waals surface area contributed by atoms with Crippen LogP contribution in [-0.2, 0) is 6.54 Å². The first kappa shape index (κ1) is 19.9. The maximum atomic E-state index is 13.4. The van der Waals surface area contributed by atoms with E-state index >= 15 is 0 Å². The topological polar surface area (TPSA) is 69.9 Å². The molecule has 0 atom stereocenters. The third kappa shape index (κ3) is 3.99. The van der Waals surface area contributed by atoms with Crippen molar-refractivity contribution in [3.63, 3.8) is 0 Å². The van der Waals surface area contributed by atoms with E-state index in [0.717, 1.165) is 75.0 Å². The molecule has 0 saturated carbocycles. The first-order valence-electron chi connectivity index (χ1n) is 11.2. The highest BCUT2D eigenvalue weighted by molar-refractivity contribution is 5.94. The highest BCUT2D eigenvalue weighted by Crippen LogP contribution is 2.22. The largest absolute Gasteiger partial charge is 0.338 e. The standard InChI is InChI=1S/C23H29N7O/c1-18-7-5-12-30-19(20(26-21(18)30)22(31)28-10-3-2-4-11-28)17-27-13-15-29(16-14-27)23-24-8-6-9-25-23/h5-9,12H,2-4,10-11,13-17H2,1H3. The Bertz CT molecular complexity index is 1050. The molecule has 162 valence electrons. The Morgan fingerprint density at radius 1 is 0.968 bits per heavy atom. The summed E-state index contributed by atoms with van der Waals surface area (Å²) in [7, 11) is 0. The number of fused-ring (bicyclic) bond motifs is 1. The molecular weight excluding hydrogens is 390 g/mol. The second-order valence-corrected chi connectivity index (χ2v) is 8.46. The number of rotatable bonds is 4. The fraction of sp³-hybridized carbons (Fsp3) is 0.478. The fourth-order valence-electron chi connectivity index (χ4n) is 4.59. The first-order valence-corrected chi connectivity index (χ1v) is 11.2. The molecular formula is C23H29N7O. The lowest BCUT2D eigenvalue weighted by Crippen LogP contribution is -2.47. The van der Waals surface area contributed by atoms with Gasteiger partial charge in [-0.3, -0.25) is 9.69 Å². The number of piperazine rings is 1. The summed E-state index contributed by atoms with van der Waals surface area (Å²) in [6.07, 6.45) is 8.97. The normalized spacial score (nSPS) is 18.0. The molecule has 2 fully saturated rings. The van der Waals surface area contributed by atoms with Crippen LogP contribution in [-0.4, -0.2) is 74.3 Å².